The van der Waals surface area contributed by atoms with Gasteiger partial charge in [-0.2, -0.15) is 15.5 Å². The minimum atomic E-state index is -0.286. The number of carbonyl (C=O) groups is 1. The smallest absolute Gasteiger partial charge is 0.271 e. The van der Waals surface area contributed by atoms with Crippen LogP contribution in [0.25, 0.3) is 28.2 Å². The number of nitrogen functional groups attached to an aromatic ring is 1. The van der Waals surface area contributed by atoms with Gasteiger partial charge in [0.15, 0.2) is 5.69 Å². The molecule has 3 heterocycles. The minimum Gasteiger partial charge on any atom is -0.382 e. The molecular weight excluding hydrogens is 392 g/mol. The van der Waals surface area contributed by atoms with E-state index < -0.39 is 0 Å². The number of aromatic nitrogens is 5. The summed E-state index contributed by atoms with van der Waals surface area (Å²) in [6.07, 6.45) is 2.61. The van der Waals surface area contributed by atoms with Crippen molar-refractivity contribution in [2.45, 2.75) is 26.8 Å². The van der Waals surface area contributed by atoms with Gasteiger partial charge in [0.25, 0.3) is 5.91 Å². The van der Waals surface area contributed by atoms with E-state index in [4.69, 9.17) is 5.73 Å². The summed E-state index contributed by atoms with van der Waals surface area (Å²) >= 11 is 0. The standard InChI is InChI=1S/C22H22N8O/c1-3-10-29-17(8-9-26-29)20-19(15-7-5-6-14(11-15)13-23)27-21(24)18-12-16(28-30(18)20)22(31)25-4-2/h5-9,11-12H,3-4,10H2,1-2H3,(H2,24,27)(H,25,31). The maximum absolute atomic E-state index is 12.4. The van der Waals surface area contributed by atoms with E-state index in [1.165, 1.54) is 0 Å². The van der Waals surface area contributed by atoms with Gasteiger partial charge in [-0.05, 0) is 31.5 Å². The highest BCUT2D eigenvalue weighted by Gasteiger charge is 2.22. The van der Waals surface area contributed by atoms with Gasteiger partial charge in [0.05, 0.1) is 17.3 Å². The average molecular weight is 414 g/mol. The third-order valence-electron chi connectivity index (χ3n) is 4.87. The van der Waals surface area contributed by atoms with Crippen LogP contribution in [0.15, 0.2) is 42.6 Å². The number of aryl methyl sites for hydroxylation is 1. The van der Waals surface area contributed by atoms with E-state index in [0.29, 0.717) is 35.6 Å². The molecule has 0 spiro atoms. The lowest BCUT2D eigenvalue weighted by Crippen LogP contribution is -2.23. The van der Waals surface area contributed by atoms with E-state index >= 15 is 0 Å². The predicted octanol–water partition coefficient (Wildman–Crippen LogP) is 2.87. The molecule has 0 saturated heterocycles. The fourth-order valence-electron chi connectivity index (χ4n) is 3.52. The Hall–Kier alpha value is -4.19. The number of nitrogens with one attached hydrogen (secondary N) is 1. The van der Waals surface area contributed by atoms with Gasteiger partial charge in [-0.25, -0.2) is 9.50 Å². The molecule has 1 aromatic carbocycles. The molecule has 31 heavy (non-hydrogen) atoms. The number of carbonyl (C=O) groups excluding carboxylic acids is 1. The zero-order valence-corrected chi connectivity index (χ0v) is 17.3. The van der Waals surface area contributed by atoms with Crippen molar-refractivity contribution in [1.29, 1.82) is 5.26 Å². The lowest BCUT2D eigenvalue weighted by Gasteiger charge is -2.14. The third-order valence-corrected chi connectivity index (χ3v) is 4.87. The van der Waals surface area contributed by atoms with Crippen LogP contribution in [-0.4, -0.2) is 36.8 Å². The van der Waals surface area contributed by atoms with Gasteiger partial charge in [-0.1, -0.05) is 19.1 Å². The maximum Gasteiger partial charge on any atom is 0.271 e. The van der Waals surface area contributed by atoms with Gasteiger partial charge in [-0.3, -0.25) is 9.48 Å². The molecule has 0 aliphatic rings. The number of nitrogens with two attached hydrogens (primary N) is 1. The average Bonchev–Trinajstić information content (AvgIpc) is 3.42. The zero-order valence-electron chi connectivity index (χ0n) is 17.3. The number of rotatable bonds is 6. The molecule has 156 valence electrons. The van der Waals surface area contributed by atoms with Crippen LogP contribution >= 0.6 is 0 Å². The Morgan fingerprint density at radius 3 is 2.84 bits per heavy atom. The summed E-state index contributed by atoms with van der Waals surface area (Å²) in [4.78, 5) is 17.1. The van der Waals surface area contributed by atoms with Crippen LogP contribution in [0, 0.1) is 11.3 Å². The molecule has 0 aliphatic carbocycles. The van der Waals surface area contributed by atoms with Gasteiger partial charge in [0.1, 0.15) is 22.7 Å². The lowest BCUT2D eigenvalue weighted by molar-refractivity contribution is 0.0950. The number of benzene rings is 1. The van der Waals surface area contributed by atoms with E-state index in [1.54, 1.807) is 35.0 Å². The van der Waals surface area contributed by atoms with Crippen molar-refractivity contribution < 1.29 is 4.79 Å². The predicted molar refractivity (Wildman–Crippen MR) is 117 cm³/mol. The monoisotopic (exact) mass is 414 g/mol. The number of fused-ring (bicyclic) bond motifs is 1. The third kappa shape index (κ3) is 3.59. The van der Waals surface area contributed by atoms with Crippen molar-refractivity contribution in [3.05, 3.63) is 53.9 Å². The van der Waals surface area contributed by atoms with Gasteiger partial charge in [0, 0.05) is 30.9 Å². The highest BCUT2D eigenvalue weighted by molar-refractivity contribution is 5.95. The first-order valence-electron chi connectivity index (χ1n) is 10.1. The van der Waals surface area contributed by atoms with Crippen molar-refractivity contribution in [1.82, 2.24) is 29.7 Å². The van der Waals surface area contributed by atoms with E-state index in [-0.39, 0.29) is 17.4 Å². The molecule has 9 nitrogen and oxygen atoms in total. The lowest BCUT2D eigenvalue weighted by atomic mass is 10.0. The summed E-state index contributed by atoms with van der Waals surface area (Å²) in [5.74, 6) is -0.0441. The SMILES string of the molecule is CCCn1nccc1-c1c(-c2cccc(C#N)c2)nc(N)c2cc(C(=O)NCC)nn12. The van der Waals surface area contributed by atoms with Crippen molar-refractivity contribution in [3.8, 4) is 28.7 Å². The molecule has 0 bridgehead atoms. The second kappa shape index (κ2) is 8.28. The molecule has 0 fully saturated rings. The first-order chi connectivity index (χ1) is 15.1. The van der Waals surface area contributed by atoms with E-state index in [1.807, 2.05) is 23.7 Å². The number of amides is 1. The molecule has 0 unspecified atom stereocenters. The fraction of sp³-hybridized carbons (Fsp3) is 0.227. The summed E-state index contributed by atoms with van der Waals surface area (Å²) in [7, 11) is 0. The highest BCUT2D eigenvalue weighted by atomic mass is 16.1. The van der Waals surface area contributed by atoms with Crippen LogP contribution in [-0.2, 0) is 6.54 Å². The van der Waals surface area contributed by atoms with Gasteiger partial charge in [-0.15, -0.1) is 0 Å². The Balaban J connectivity index is 2.05. The Morgan fingerprint density at radius 1 is 1.26 bits per heavy atom. The van der Waals surface area contributed by atoms with Crippen LogP contribution in [0.5, 0.6) is 0 Å². The topological polar surface area (TPSA) is 127 Å². The molecule has 3 N–H and O–H groups in total. The molecule has 4 rings (SSSR count). The first-order valence-corrected chi connectivity index (χ1v) is 10.1. The summed E-state index contributed by atoms with van der Waals surface area (Å²) in [6, 6.07) is 12.8. The van der Waals surface area contributed by atoms with Crippen molar-refractivity contribution in [2.75, 3.05) is 12.3 Å². The zero-order chi connectivity index (χ0) is 22.0. The highest BCUT2D eigenvalue weighted by Crippen LogP contribution is 2.34. The number of anilines is 1. The summed E-state index contributed by atoms with van der Waals surface area (Å²) in [5.41, 5.74) is 10.3. The van der Waals surface area contributed by atoms with Gasteiger partial charge in [0.2, 0.25) is 0 Å². The normalized spacial score (nSPS) is 10.9. The molecular formula is C22H22N8O. The van der Waals surface area contributed by atoms with Crippen LogP contribution in [0.2, 0.25) is 0 Å². The van der Waals surface area contributed by atoms with E-state index in [9.17, 15) is 10.1 Å². The second-order valence-electron chi connectivity index (χ2n) is 7.01. The fourth-order valence-corrected chi connectivity index (χ4v) is 3.52. The Morgan fingerprint density at radius 2 is 2.10 bits per heavy atom. The molecule has 3 aromatic heterocycles. The van der Waals surface area contributed by atoms with Crippen LogP contribution in [0.1, 0.15) is 36.3 Å². The first kappa shape index (κ1) is 20.1. The summed E-state index contributed by atoms with van der Waals surface area (Å²) < 4.78 is 3.52. The second-order valence-corrected chi connectivity index (χ2v) is 7.01. The van der Waals surface area contributed by atoms with E-state index in [2.05, 4.69) is 33.5 Å². The number of hydrogen-bond donors (Lipinski definition) is 2. The van der Waals surface area contributed by atoms with Crippen molar-refractivity contribution in [3.63, 3.8) is 0 Å². The Kier molecular flexibility index (Phi) is 5.37. The largest absolute Gasteiger partial charge is 0.382 e. The van der Waals surface area contributed by atoms with Crippen molar-refractivity contribution in [2.24, 2.45) is 0 Å². The molecule has 0 radical (unpaired) electrons. The number of hydrogen-bond acceptors (Lipinski definition) is 6. The quantitative estimate of drug-likeness (QED) is 0.499. The van der Waals surface area contributed by atoms with Crippen LogP contribution in [0.3, 0.4) is 0 Å². The molecule has 0 saturated carbocycles. The molecule has 9 heteroatoms. The number of nitrogens with zero attached hydrogens (tertiary/aromatic N) is 6. The van der Waals surface area contributed by atoms with Crippen LogP contribution < -0.4 is 11.1 Å². The minimum absolute atomic E-state index is 0.241. The van der Waals surface area contributed by atoms with Crippen LogP contribution in [0.4, 0.5) is 5.82 Å². The van der Waals surface area contributed by atoms with Gasteiger partial charge < -0.3 is 11.1 Å². The molecule has 0 aliphatic heterocycles. The molecule has 1 amide bonds. The molecule has 0 atom stereocenters. The summed E-state index contributed by atoms with van der Waals surface area (Å²) in [5, 5.41) is 21.1. The summed E-state index contributed by atoms with van der Waals surface area (Å²) in [6.45, 7) is 5.11. The number of nitriles is 1. The Bertz CT molecular complexity index is 1310. The van der Waals surface area contributed by atoms with Gasteiger partial charge >= 0.3 is 0 Å². The molecule has 4 aromatic rings. The van der Waals surface area contributed by atoms with E-state index in [0.717, 1.165) is 17.7 Å². The Labute approximate surface area is 179 Å². The van der Waals surface area contributed by atoms with Crippen molar-refractivity contribution >= 4 is 17.2 Å². The maximum atomic E-state index is 12.4.